The molecule has 31 heavy (non-hydrogen) atoms. The van der Waals surface area contributed by atoms with E-state index < -0.39 is 11.8 Å². The standard InChI is InChI=1S/C24H21N3O3S/c1-15-6-4-5-7-21(15)27-23(29)20(22(28)25-24(27)31)14-18-9-8-16(2)26(18)17-10-12-19(30-3)13-11-17/h4-14H,1-3H3,(H,25,28,31)/b20-14+. The number of aryl methyl sites for hydroxylation is 2. The van der Waals surface area contributed by atoms with Gasteiger partial charge in [0.1, 0.15) is 11.3 Å². The van der Waals surface area contributed by atoms with Gasteiger partial charge in [-0.25, -0.2) is 0 Å². The molecule has 156 valence electrons. The van der Waals surface area contributed by atoms with Crippen LogP contribution in [-0.4, -0.2) is 28.6 Å². The van der Waals surface area contributed by atoms with Gasteiger partial charge in [0.25, 0.3) is 11.8 Å². The zero-order valence-electron chi connectivity index (χ0n) is 17.4. The van der Waals surface area contributed by atoms with Crippen LogP contribution in [-0.2, 0) is 9.59 Å². The number of hydrogen-bond donors (Lipinski definition) is 1. The number of nitrogens with zero attached hydrogens (tertiary/aromatic N) is 2. The van der Waals surface area contributed by atoms with E-state index in [2.05, 4.69) is 5.32 Å². The van der Waals surface area contributed by atoms with Crippen molar-refractivity contribution in [2.75, 3.05) is 12.0 Å². The molecule has 4 rings (SSSR count). The SMILES string of the molecule is COc1ccc(-n2c(C)ccc2/C=C2\C(=O)NC(=S)N(c3ccccc3C)C2=O)cc1. The number of carbonyl (C=O) groups excluding carboxylic acids is 2. The lowest BCUT2D eigenvalue weighted by Crippen LogP contribution is -2.54. The summed E-state index contributed by atoms with van der Waals surface area (Å²) in [6.45, 7) is 3.85. The molecular weight excluding hydrogens is 410 g/mol. The molecule has 1 N–H and O–H groups in total. The number of thiocarbonyl (C=S) groups is 1. The van der Waals surface area contributed by atoms with Crippen LogP contribution >= 0.6 is 12.2 Å². The van der Waals surface area contributed by atoms with Crippen molar-refractivity contribution in [3.63, 3.8) is 0 Å². The molecule has 2 heterocycles. The molecule has 0 unspecified atom stereocenters. The number of methoxy groups -OCH3 is 1. The van der Waals surface area contributed by atoms with Crippen molar-refractivity contribution in [1.82, 2.24) is 9.88 Å². The van der Waals surface area contributed by atoms with Crippen LogP contribution in [0.25, 0.3) is 11.8 Å². The first-order valence-electron chi connectivity index (χ1n) is 9.70. The number of anilines is 1. The lowest BCUT2D eigenvalue weighted by atomic mass is 10.1. The third-order valence-corrected chi connectivity index (χ3v) is 5.47. The first kappa shape index (κ1) is 20.6. The van der Waals surface area contributed by atoms with Crippen LogP contribution in [0.15, 0.2) is 66.2 Å². The van der Waals surface area contributed by atoms with E-state index in [-0.39, 0.29) is 10.7 Å². The Hall–Kier alpha value is -3.71. The predicted octanol–water partition coefficient (Wildman–Crippen LogP) is 3.93. The van der Waals surface area contributed by atoms with Crippen molar-refractivity contribution in [2.45, 2.75) is 13.8 Å². The van der Waals surface area contributed by atoms with Crippen molar-refractivity contribution in [2.24, 2.45) is 0 Å². The molecule has 1 aliphatic heterocycles. The molecule has 1 aromatic heterocycles. The fourth-order valence-corrected chi connectivity index (χ4v) is 3.87. The number of hydrogen-bond acceptors (Lipinski definition) is 4. The van der Waals surface area contributed by atoms with Crippen LogP contribution in [0.5, 0.6) is 5.75 Å². The molecule has 2 aromatic carbocycles. The third kappa shape index (κ3) is 3.75. The molecule has 1 saturated heterocycles. The summed E-state index contributed by atoms with van der Waals surface area (Å²) >= 11 is 5.30. The quantitative estimate of drug-likeness (QED) is 0.386. The van der Waals surface area contributed by atoms with Crippen LogP contribution in [0.2, 0.25) is 0 Å². The van der Waals surface area contributed by atoms with E-state index in [1.807, 2.05) is 73.0 Å². The fraction of sp³-hybridized carbons (Fsp3) is 0.125. The molecule has 0 bridgehead atoms. The number of para-hydroxylation sites is 1. The molecule has 0 spiro atoms. The lowest BCUT2D eigenvalue weighted by molar-refractivity contribution is -0.122. The maximum Gasteiger partial charge on any atom is 0.270 e. The van der Waals surface area contributed by atoms with Gasteiger partial charge in [-0.2, -0.15) is 0 Å². The van der Waals surface area contributed by atoms with E-state index in [9.17, 15) is 9.59 Å². The molecule has 0 radical (unpaired) electrons. The highest BCUT2D eigenvalue weighted by Crippen LogP contribution is 2.26. The average Bonchev–Trinajstić information content (AvgIpc) is 3.12. The average molecular weight is 432 g/mol. The number of ether oxygens (including phenoxy) is 1. The maximum absolute atomic E-state index is 13.3. The molecule has 0 aliphatic carbocycles. The summed E-state index contributed by atoms with van der Waals surface area (Å²) in [5, 5.41) is 2.71. The Kier molecular flexibility index (Phi) is 5.44. The number of benzene rings is 2. The molecule has 6 nitrogen and oxygen atoms in total. The van der Waals surface area contributed by atoms with E-state index in [0.717, 1.165) is 22.7 Å². The molecule has 7 heteroatoms. The second kappa shape index (κ2) is 8.20. The largest absolute Gasteiger partial charge is 0.497 e. The Morgan fingerprint density at radius 2 is 1.68 bits per heavy atom. The van der Waals surface area contributed by atoms with Crippen molar-refractivity contribution in [1.29, 1.82) is 0 Å². The van der Waals surface area contributed by atoms with Gasteiger partial charge in [0.15, 0.2) is 5.11 Å². The van der Waals surface area contributed by atoms with E-state index in [4.69, 9.17) is 17.0 Å². The van der Waals surface area contributed by atoms with Crippen molar-refractivity contribution < 1.29 is 14.3 Å². The van der Waals surface area contributed by atoms with Crippen molar-refractivity contribution in [3.05, 3.63) is 83.2 Å². The number of rotatable bonds is 4. The monoisotopic (exact) mass is 431 g/mol. The molecule has 2 amide bonds. The van der Waals surface area contributed by atoms with Crippen molar-refractivity contribution in [3.8, 4) is 11.4 Å². The topological polar surface area (TPSA) is 63.6 Å². The van der Waals surface area contributed by atoms with E-state index in [0.29, 0.717) is 11.4 Å². The summed E-state index contributed by atoms with van der Waals surface area (Å²) in [7, 11) is 1.61. The minimum atomic E-state index is -0.514. The van der Waals surface area contributed by atoms with Gasteiger partial charge < -0.3 is 9.30 Å². The molecular formula is C24H21N3O3S. The van der Waals surface area contributed by atoms with E-state index in [1.54, 1.807) is 19.3 Å². The van der Waals surface area contributed by atoms with Gasteiger partial charge in [-0.3, -0.25) is 19.8 Å². The van der Waals surface area contributed by atoms with Crippen LogP contribution in [0.1, 0.15) is 17.0 Å². The third-order valence-electron chi connectivity index (χ3n) is 5.19. The van der Waals surface area contributed by atoms with Crippen LogP contribution in [0, 0.1) is 13.8 Å². The zero-order valence-corrected chi connectivity index (χ0v) is 18.2. The van der Waals surface area contributed by atoms with Crippen LogP contribution in [0.4, 0.5) is 5.69 Å². The Balaban J connectivity index is 1.78. The zero-order chi connectivity index (χ0) is 22.1. The molecule has 0 saturated carbocycles. The van der Waals surface area contributed by atoms with Gasteiger partial charge in [-0.05, 0) is 80.2 Å². The van der Waals surface area contributed by atoms with Gasteiger partial charge in [-0.15, -0.1) is 0 Å². The summed E-state index contributed by atoms with van der Waals surface area (Å²) in [6, 6.07) is 18.8. The van der Waals surface area contributed by atoms with Gasteiger partial charge in [-0.1, -0.05) is 18.2 Å². The van der Waals surface area contributed by atoms with Crippen molar-refractivity contribution >= 4 is 40.9 Å². The highest BCUT2D eigenvalue weighted by Gasteiger charge is 2.35. The first-order valence-corrected chi connectivity index (χ1v) is 10.1. The second-order valence-corrected chi connectivity index (χ2v) is 7.56. The minimum absolute atomic E-state index is 0.0183. The van der Waals surface area contributed by atoms with Gasteiger partial charge in [0.05, 0.1) is 12.8 Å². The van der Waals surface area contributed by atoms with Gasteiger partial charge in [0, 0.05) is 17.1 Å². The van der Waals surface area contributed by atoms with E-state index >= 15 is 0 Å². The Bertz CT molecular complexity index is 1230. The predicted molar refractivity (Wildman–Crippen MR) is 124 cm³/mol. The second-order valence-electron chi connectivity index (χ2n) is 7.18. The lowest BCUT2D eigenvalue weighted by Gasteiger charge is -2.30. The molecule has 1 fully saturated rings. The Morgan fingerprint density at radius 1 is 0.968 bits per heavy atom. The highest BCUT2D eigenvalue weighted by molar-refractivity contribution is 7.80. The van der Waals surface area contributed by atoms with E-state index in [1.165, 1.54) is 4.90 Å². The molecule has 0 atom stereocenters. The van der Waals surface area contributed by atoms with Gasteiger partial charge in [0.2, 0.25) is 0 Å². The summed E-state index contributed by atoms with van der Waals surface area (Å²) in [5.41, 5.74) is 4.11. The number of amides is 2. The first-order chi connectivity index (χ1) is 14.9. The smallest absolute Gasteiger partial charge is 0.270 e. The van der Waals surface area contributed by atoms with Crippen LogP contribution in [0.3, 0.4) is 0 Å². The summed E-state index contributed by atoms with van der Waals surface area (Å²) in [6.07, 6.45) is 1.60. The Morgan fingerprint density at radius 3 is 2.35 bits per heavy atom. The maximum atomic E-state index is 13.3. The normalized spacial score (nSPS) is 15.4. The van der Waals surface area contributed by atoms with Crippen LogP contribution < -0.4 is 15.0 Å². The number of aromatic nitrogens is 1. The summed E-state index contributed by atoms with van der Waals surface area (Å²) in [5.74, 6) is -0.221. The summed E-state index contributed by atoms with van der Waals surface area (Å²) in [4.78, 5) is 27.4. The van der Waals surface area contributed by atoms with Gasteiger partial charge >= 0.3 is 0 Å². The minimum Gasteiger partial charge on any atom is -0.497 e. The highest BCUT2D eigenvalue weighted by atomic mass is 32.1. The fourth-order valence-electron chi connectivity index (χ4n) is 3.59. The molecule has 1 aliphatic rings. The molecule has 3 aromatic rings. The number of carbonyl (C=O) groups is 2. The summed E-state index contributed by atoms with van der Waals surface area (Å²) < 4.78 is 7.20. The number of nitrogens with one attached hydrogen (secondary N) is 1. The Labute approximate surface area is 185 Å².